The standard InChI is InChI=1S/C24H24ClFN2O4/c1-15(29)27-9-2-3-17-13-20(5-6-21(17)27)28-10-8-24(32,23(28)31)22(30)7-4-16-11-18(25)14-19(26)12-16/h5-6,11-14,32H,2-4,7-10H2,1H3/t24-/m1/s1. The summed E-state index contributed by atoms with van der Waals surface area (Å²) in [7, 11) is 0. The number of hydrogen-bond donors (Lipinski definition) is 1. The molecule has 6 nitrogen and oxygen atoms in total. The van der Waals surface area contributed by atoms with Gasteiger partial charge in [0, 0.05) is 49.3 Å². The SMILES string of the molecule is CC(=O)N1CCCc2cc(N3CC[C@@](O)(C(=O)CCc4cc(F)cc(Cl)c4)C3=O)ccc21. The summed E-state index contributed by atoms with van der Waals surface area (Å²) in [5.74, 6) is -1.78. The van der Waals surface area contributed by atoms with Crippen molar-refractivity contribution in [2.45, 2.75) is 44.6 Å². The van der Waals surface area contributed by atoms with Gasteiger partial charge in [-0.2, -0.15) is 0 Å². The van der Waals surface area contributed by atoms with Gasteiger partial charge in [-0.25, -0.2) is 4.39 Å². The van der Waals surface area contributed by atoms with Crippen LogP contribution in [0.25, 0.3) is 0 Å². The molecule has 2 aromatic carbocycles. The van der Waals surface area contributed by atoms with Crippen molar-refractivity contribution in [1.82, 2.24) is 0 Å². The molecule has 8 heteroatoms. The number of halogens is 2. The van der Waals surface area contributed by atoms with Crippen LogP contribution in [-0.4, -0.2) is 41.4 Å². The van der Waals surface area contributed by atoms with Gasteiger partial charge in [-0.3, -0.25) is 14.4 Å². The van der Waals surface area contributed by atoms with Gasteiger partial charge in [0.2, 0.25) is 11.5 Å². The highest BCUT2D eigenvalue weighted by molar-refractivity contribution is 6.30. The molecule has 4 rings (SSSR count). The summed E-state index contributed by atoms with van der Waals surface area (Å²) in [6, 6.07) is 9.42. The van der Waals surface area contributed by atoms with E-state index in [0.717, 1.165) is 24.1 Å². The summed E-state index contributed by atoms with van der Waals surface area (Å²) in [5.41, 5.74) is 0.817. The van der Waals surface area contributed by atoms with E-state index in [4.69, 9.17) is 11.6 Å². The number of hydrogen-bond acceptors (Lipinski definition) is 4. The number of Topliss-reactive ketones (excluding diaryl/α,β-unsaturated/α-hetero) is 1. The molecule has 0 saturated carbocycles. The van der Waals surface area contributed by atoms with Crippen LogP contribution >= 0.6 is 11.6 Å². The number of benzene rings is 2. The Morgan fingerprint density at radius 2 is 1.97 bits per heavy atom. The zero-order valence-corrected chi connectivity index (χ0v) is 18.5. The molecule has 1 N–H and O–H groups in total. The molecule has 2 amide bonds. The van der Waals surface area contributed by atoms with Crippen LogP contribution in [0.1, 0.15) is 37.3 Å². The van der Waals surface area contributed by atoms with Gasteiger partial charge in [-0.05, 0) is 66.8 Å². The third kappa shape index (κ3) is 4.14. The van der Waals surface area contributed by atoms with Gasteiger partial charge in [0.05, 0.1) is 0 Å². The first-order valence-electron chi connectivity index (χ1n) is 10.6. The predicted octanol–water partition coefficient (Wildman–Crippen LogP) is 3.45. The van der Waals surface area contributed by atoms with Crippen LogP contribution < -0.4 is 9.80 Å². The highest BCUT2D eigenvalue weighted by Gasteiger charge is 2.50. The van der Waals surface area contributed by atoms with Gasteiger partial charge in [0.1, 0.15) is 5.82 Å². The van der Waals surface area contributed by atoms with E-state index in [-0.39, 0.29) is 36.7 Å². The second-order valence-electron chi connectivity index (χ2n) is 8.36. The zero-order valence-electron chi connectivity index (χ0n) is 17.7. The van der Waals surface area contributed by atoms with Crippen LogP contribution in [0.5, 0.6) is 0 Å². The van der Waals surface area contributed by atoms with E-state index in [1.807, 2.05) is 12.1 Å². The molecule has 0 aromatic heterocycles. The van der Waals surface area contributed by atoms with Crippen molar-refractivity contribution in [2.24, 2.45) is 0 Å². The van der Waals surface area contributed by atoms with E-state index < -0.39 is 23.1 Å². The Labute approximate surface area is 190 Å². The van der Waals surface area contributed by atoms with E-state index in [1.54, 1.807) is 17.0 Å². The number of aliphatic hydroxyl groups is 1. The lowest BCUT2D eigenvalue weighted by atomic mass is 9.92. The molecule has 2 aliphatic rings. The molecule has 2 aromatic rings. The first-order valence-corrected chi connectivity index (χ1v) is 11.0. The minimum Gasteiger partial charge on any atom is -0.373 e. The number of aryl methyl sites for hydroxylation is 2. The lowest BCUT2D eigenvalue weighted by molar-refractivity contribution is -0.147. The number of nitrogens with zero attached hydrogens (tertiary/aromatic N) is 2. The molecule has 32 heavy (non-hydrogen) atoms. The molecule has 0 aliphatic carbocycles. The molecule has 0 radical (unpaired) electrons. The van der Waals surface area contributed by atoms with Gasteiger partial charge in [0.25, 0.3) is 5.91 Å². The normalized spacial score (nSPS) is 20.4. The average molecular weight is 459 g/mol. The van der Waals surface area contributed by atoms with E-state index in [2.05, 4.69) is 0 Å². The number of ketones is 1. The summed E-state index contributed by atoms with van der Waals surface area (Å²) in [6.45, 7) is 2.40. The molecule has 1 saturated heterocycles. The van der Waals surface area contributed by atoms with Crippen LogP contribution in [0.4, 0.5) is 15.8 Å². The predicted molar refractivity (Wildman–Crippen MR) is 119 cm³/mol. The maximum absolute atomic E-state index is 13.5. The Bertz CT molecular complexity index is 1090. The fourth-order valence-corrected chi connectivity index (χ4v) is 4.75. The molecule has 2 aliphatic heterocycles. The van der Waals surface area contributed by atoms with Gasteiger partial charge in [-0.1, -0.05) is 11.6 Å². The topological polar surface area (TPSA) is 77.9 Å². The molecular formula is C24H24ClFN2O4. The highest BCUT2D eigenvalue weighted by Crippen LogP contribution is 2.35. The first kappa shape index (κ1) is 22.4. The smallest absolute Gasteiger partial charge is 0.266 e. The lowest BCUT2D eigenvalue weighted by Crippen LogP contribution is -2.47. The van der Waals surface area contributed by atoms with Crippen LogP contribution in [0.2, 0.25) is 5.02 Å². The van der Waals surface area contributed by atoms with Gasteiger partial charge < -0.3 is 14.9 Å². The molecule has 168 valence electrons. The molecule has 1 atom stereocenters. The number of carbonyl (C=O) groups is 3. The molecule has 0 spiro atoms. The minimum absolute atomic E-state index is 0.00870. The third-order valence-electron chi connectivity index (χ3n) is 6.19. The van der Waals surface area contributed by atoms with Gasteiger partial charge in [-0.15, -0.1) is 0 Å². The second-order valence-corrected chi connectivity index (χ2v) is 8.79. The van der Waals surface area contributed by atoms with E-state index >= 15 is 0 Å². The van der Waals surface area contributed by atoms with Crippen molar-refractivity contribution >= 4 is 40.6 Å². The summed E-state index contributed by atoms with van der Waals surface area (Å²) in [4.78, 5) is 40.8. The van der Waals surface area contributed by atoms with Crippen molar-refractivity contribution < 1.29 is 23.9 Å². The van der Waals surface area contributed by atoms with Crippen LogP contribution in [0.15, 0.2) is 36.4 Å². The number of rotatable bonds is 5. The fraction of sp³-hybridized carbons (Fsp3) is 0.375. The summed E-state index contributed by atoms with van der Waals surface area (Å²) in [5, 5.41) is 11.1. The van der Waals surface area contributed by atoms with Crippen molar-refractivity contribution in [3.8, 4) is 0 Å². The van der Waals surface area contributed by atoms with Crippen molar-refractivity contribution in [1.29, 1.82) is 0 Å². The Kier molecular flexibility index (Phi) is 6.05. The maximum Gasteiger partial charge on any atom is 0.266 e. The van der Waals surface area contributed by atoms with E-state index in [9.17, 15) is 23.9 Å². The van der Waals surface area contributed by atoms with Crippen LogP contribution in [0.3, 0.4) is 0 Å². The monoisotopic (exact) mass is 458 g/mol. The Morgan fingerprint density at radius 1 is 1.19 bits per heavy atom. The molecular weight excluding hydrogens is 435 g/mol. The summed E-state index contributed by atoms with van der Waals surface area (Å²) < 4.78 is 13.5. The van der Waals surface area contributed by atoms with Crippen molar-refractivity contribution in [2.75, 3.05) is 22.9 Å². The third-order valence-corrected chi connectivity index (χ3v) is 6.41. The Balaban J connectivity index is 1.49. The number of amides is 2. The Morgan fingerprint density at radius 3 is 2.69 bits per heavy atom. The molecule has 1 fully saturated rings. The summed E-state index contributed by atoms with van der Waals surface area (Å²) >= 11 is 5.85. The molecule has 0 unspecified atom stereocenters. The summed E-state index contributed by atoms with van der Waals surface area (Å²) in [6.07, 6.45) is 1.68. The van der Waals surface area contributed by atoms with Gasteiger partial charge in [0.15, 0.2) is 5.78 Å². The van der Waals surface area contributed by atoms with E-state index in [0.29, 0.717) is 17.8 Å². The number of carbonyl (C=O) groups excluding carboxylic acids is 3. The maximum atomic E-state index is 13.5. The number of fused-ring (bicyclic) bond motifs is 1. The molecule has 2 heterocycles. The first-order chi connectivity index (χ1) is 15.2. The van der Waals surface area contributed by atoms with Gasteiger partial charge >= 0.3 is 0 Å². The van der Waals surface area contributed by atoms with Crippen LogP contribution in [0, 0.1) is 5.82 Å². The van der Waals surface area contributed by atoms with Crippen molar-refractivity contribution in [3.05, 3.63) is 58.4 Å². The highest BCUT2D eigenvalue weighted by atomic mass is 35.5. The zero-order chi connectivity index (χ0) is 23.0. The van der Waals surface area contributed by atoms with Crippen LogP contribution in [-0.2, 0) is 27.2 Å². The Hall–Kier alpha value is -2.77. The average Bonchev–Trinajstić information content (AvgIpc) is 3.06. The largest absolute Gasteiger partial charge is 0.373 e. The van der Waals surface area contributed by atoms with Crippen molar-refractivity contribution in [3.63, 3.8) is 0 Å². The van der Waals surface area contributed by atoms with E-state index in [1.165, 1.54) is 24.0 Å². The fourth-order valence-electron chi connectivity index (χ4n) is 4.51. The molecule has 0 bridgehead atoms. The quantitative estimate of drug-likeness (QED) is 0.696. The lowest BCUT2D eigenvalue weighted by Gasteiger charge is -2.30. The number of anilines is 2. The minimum atomic E-state index is -2.10. The second kappa shape index (κ2) is 8.64.